The first-order valence-corrected chi connectivity index (χ1v) is 5.45. The second-order valence-corrected chi connectivity index (χ2v) is 4.60. The topological polar surface area (TPSA) is 53.0 Å². The van der Waals surface area contributed by atoms with Gasteiger partial charge in [-0.2, -0.15) is 5.26 Å². The largest absolute Gasteiger partial charge is 0.316 e. The third-order valence-corrected chi connectivity index (χ3v) is 3.65. The molecule has 0 aromatic rings. The highest BCUT2D eigenvalue weighted by molar-refractivity contribution is 4.90. The summed E-state index contributed by atoms with van der Waals surface area (Å²) in [4.78, 5) is 2.45. The molecule has 0 aromatic heterocycles. The van der Waals surface area contributed by atoms with Crippen LogP contribution in [0.4, 0.5) is 0 Å². The molecular weight excluding hydrogens is 174 g/mol. The predicted octanol–water partition coefficient (Wildman–Crippen LogP) is 1.20. The molecule has 0 saturated carbocycles. The molecular formula is C11H21N3. The molecule has 1 aliphatic heterocycles. The van der Waals surface area contributed by atoms with Gasteiger partial charge in [0.05, 0.1) is 12.1 Å². The molecule has 0 aliphatic carbocycles. The Morgan fingerprint density at radius 1 is 1.50 bits per heavy atom. The van der Waals surface area contributed by atoms with Crippen molar-refractivity contribution in [1.29, 1.82) is 5.26 Å². The van der Waals surface area contributed by atoms with Crippen LogP contribution in [0, 0.1) is 23.2 Å². The number of rotatable bonds is 3. The zero-order valence-corrected chi connectivity index (χ0v) is 9.40. The Bertz CT molecular complexity index is 221. The third-order valence-electron chi connectivity index (χ3n) is 3.65. The lowest BCUT2D eigenvalue weighted by Crippen LogP contribution is -2.33. The molecule has 1 saturated heterocycles. The molecule has 1 rings (SSSR count). The highest BCUT2D eigenvalue weighted by Crippen LogP contribution is 2.28. The van der Waals surface area contributed by atoms with Crippen LogP contribution in [0.15, 0.2) is 0 Å². The van der Waals surface area contributed by atoms with Crippen molar-refractivity contribution >= 4 is 0 Å². The molecule has 1 fully saturated rings. The van der Waals surface area contributed by atoms with Crippen LogP contribution >= 0.6 is 0 Å². The summed E-state index contributed by atoms with van der Waals surface area (Å²) in [5.74, 6) is 1.52. The van der Waals surface area contributed by atoms with Gasteiger partial charge >= 0.3 is 0 Å². The van der Waals surface area contributed by atoms with Gasteiger partial charge < -0.3 is 10.6 Å². The number of nitrogens with zero attached hydrogens (tertiary/aromatic N) is 2. The van der Waals surface area contributed by atoms with E-state index in [2.05, 4.69) is 31.7 Å². The Kier molecular flexibility index (Phi) is 3.91. The lowest BCUT2D eigenvalue weighted by molar-refractivity contribution is 0.242. The van der Waals surface area contributed by atoms with Crippen LogP contribution in [0.2, 0.25) is 0 Å². The first-order valence-electron chi connectivity index (χ1n) is 5.45. The maximum atomic E-state index is 8.59. The maximum absolute atomic E-state index is 8.59. The number of nitrogens with two attached hydrogens (primary N) is 1. The molecule has 2 N–H and O–H groups in total. The quantitative estimate of drug-likeness (QED) is 0.736. The minimum atomic E-state index is -0.298. The lowest BCUT2D eigenvalue weighted by Gasteiger charge is -2.23. The monoisotopic (exact) mass is 195 g/mol. The standard InChI is InChI=1S/C11H21N3/c1-8-7-14(10(3)9(8)2)5-4-11(13)6-12/h8-11H,4-5,7,13H2,1-3H3. The van der Waals surface area contributed by atoms with Gasteiger partial charge in [0.2, 0.25) is 0 Å². The van der Waals surface area contributed by atoms with Gasteiger partial charge in [0, 0.05) is 19.1 Å². The summed E-state index contributed by atoms with van der Waals surface area (Å²) in [5.41, 5.74) is 5.58. The van der Waals surface area contributed by atoms with Crippen LogP contribution in [0.1, 0.15) is 27.2 Å². The van der Waals surface area contributed by atoms with E-state index in [0.717, 1.165) is 31.3 Å². The van der Waals surface area contributed by atoms with Crippen molar-refractivity contribution in [2.75, 3.05) is 13.1 Å². The fraction of sp³-hybridized carbons (Fsp3) is 0.909. The normalized spacial score (nSPS) is 35.5. The summed E-state index contributed by atoms with van der Waals surface area (Å²) in [7, 11) is 0. The van der Waals surface area contributed by atoms with Gasteiger partial charge in [0.15, 0.2) is 0 Å². The first-order chi connectivity index (χ1) is 6.56. The Morgan fingerprint density at radius 2 is 2.14 bits per heavy atom. The van der Waals surface area contributed by atoms with E-state index in [9.17, 15) is 0 Å². The lowest BCUT2D eigenvalue weighted by atomic mass is 9.95. The Labute approximate surface area is 86.9 Å². The fourth-order valence-corrected chi connectivity index (χ4v) is 2.17. The third kappa shape index (κ3) is 2.46. The smallest absolute Gasteiger partial charge is 0.0940 e. The van der Waals surface area contributed by atoms with Crippen molar-refractivity contribution in [3.8, 4) is 6.07 Å². The zero-order valence-electron chi connectivity index (χ0n) is 9.40. The highest BCUT2D eigenvalue weighted by Gasteiger charge is 2.32. The van der Waals surface area contributed by atoms with Crippen LogP contribution in [0.3, 0.4) is 0 Å². The minimum absolute atomic E-state index is 0.298. The average molecular weight is 195 g/mol. The number of nitriles is 1. The Balaban J connectivity index is 2.37. The molecule has 14 heavy (non-hydrogen) atoms. The fourth-order valence-electron chi connectivity index (χ4n) is 2.17. The van der Waals surface area contributed by atoms with Crippen molar-refractivity contribution in [2.24, 2.45) is 17.6 Å². The van der Waals surface area contributed by atoms with Gasteiger partial charge in [-0.3, -0.25) is 0 Å². The molecule has 1 heterocycles. The van der Waals surface area contributed by atoms with E-state index >= 15 is 0 Å². The van der Waals surface area contributed by atoms with Crippen molar-refractivity contribution < 1.29 is 0 Å². The van der Waals surface area contributed by atoms with Gasteiger partial charge in [-0.05, 0) is 25.2 Å². The highest BCUT2D eigenvalue weighted by atomic mass is 15.2. The summed E-state index contributed by atoms with van der Waals surface area (Å²) >= 11 is 0. The van der Waals surface area contributed by atoms with Gasteiger partial charge in [-0.15, -0.1) is 0 Å². The van der Waals surface area contributed by atoms with E-state index in [1.807, 2.05) is 0 Å². The summed E-state index contributed by atoms with van der Waals surface area (Å²) < 4.78 is 0. The van der Waals surface area contributed by atoms with Gasteiger partial charge in [-0.25, -0.2) is 0 Å². The SMILES string of the molecule is CC1CN(CCC(N)C#N)C(C)C1C. The maximum Gasteiger partial charge on any atom is 0.0940 e. The van der Waals surface area contributed by atoms with Crippen LogP contribution in [0.25, 0.3) is 0 Å². The second-order valence-electron chi connectivity index (χ2n) is 4.60. The van der Waals surface area contributed by atoms with Crippen LogP contribution in [-0.4, -0.2) is 30.1 Å². The van der Waals surface area contributed by atoms with Crippen LogP contribution < -0.4 is 5.73 Å². The molecule has 0 aromatic carbocycles. The summed E-state index contributed by atoms with van der Waals surface area (Å²) in [6.07, 6.45) is 0.792. The molecule has 3 heteroatoms. The second kappa shape index (κ2) is 4.77. The van der Waals surface area contributed by atoms with E-state index in [1.165, 1.54) is 0 Å². The van der Waals surface area contributed by atoms with Gasteiger partial charge in [0.1, 0.15) is 0 Å². The number of hydrogen-bond donors (Lipinski definition) is 1. The van der Waals surface area contributed by atoms with E-state index in [1.54, 1.807) is 0 Å². The van der Waals surface area contributed by atoms with Crippen LogP contribution in [-0.2, 0) is 0 Å². The predicted molar refractivity (Wildman–Crippen MR) is 57.6 cm³/mol. The molecule has 0 bridgehead atoms. The molecule has 1 aliphatic rings. The molecule has 3 nitrogen and oxygen atoms in total. The first kappa shape index (κ1) is 11.5. The Morgan fingerprint density at radius 3 is 2.57 bits per heavy atom. The van der Waals surface area contributed by atoms with E-state index in [4.69, 9.17) is 11.0 Å². The van der Waals surface area contributed by atoms with Crippen molar-refractivity contribution in [2.45, 2.75) is 39.3 Å². The summed E-state index contributed by atoms with van der Waals surface area (Å²) in [6, 6.07) is 2.41. The van der Waals surface area contributed by atoms with Crippen LogP contribution in [0.5, 0.6) is 0 Å². The van der Waals surface area contributed by atoms with Crippen molar-refractivity contribution in [1.82, 2.24) is 4.90 Å². The van der Waals surface area contributed by atoms with Crippen molar-refractivity contribution in [3.05, 3.63) is 0 Å². The van der Waals surface area contributed by atoms with Gasteiger partial charge in [0.25, 0.3) is 0 Å². The van der Waals surface area contributed by atoms with Gasteiger partial charge in [-0.1, -0.05) is 13.8 Å². The molecule has 4 unspecified atom stereocenters. The average Bonchev–Trinajstić information content (AvgIpc) is 2.42. The zero-order chi connectivity index (χ0) is 10.7. The molecule has 80 valence electrons. The summed E-state index contributed by atoms with van der Waals surface area (Å²) in [6.45, 7) is 8.99. The number of likely N-dealkylation sites (tertiary alicyclic amines) is 1. The van der Waals surface area contributed by atoms with E-state index in [-0.39, 0.29) is 6.04 Å². The summed E-state index contributed by atoms with van der Waals surface area (Å²) in [5, 5.41) is 8.59. The van der Waals surface area contributed by atoms with E-state index in [0.29, 0.717) is 6.04 Å². The molecule has 0 radical (unpaired) electrons. The van der Waals surface area contributed by atoms with E-state index < -0.39 is 0 Å². The molecule has 0 spiro atoms. The number of hydrogen-bond acceptors (Lipinski definition) is 3. The molecule has 4 atom stereocenters. The van der Waals surface area contributed by atoms with Crippen molar-refractivity contribution in [3.63, 3.8) is 0 Å². The Hall–Kier alpha value is -0.590. The minimum Gasteiger partial charge on any atom is -0.316 e. The molecule has 0 amide bonds.